The highest BCUT2D eigenvalue weighted by Crippen LogP contribution is 2.23. The summed E-state index contributed by atoms with van der Waals surface area (Å²) in [5.74, 6) is 1.18. The first-order valence-corrected chi connectivity index (χ1v) is 8.70. The van der Waals surface area contributed by atoms with Crippen LogP contribution in [0.3, 0.4) is 0 Å². The number of nitrogens with zero attached hydrogens (tertiary/aromatic N) is 1. The van der Waals surface area contributed by atoms with Crippen molar-refractivity contribution in [3.63, 3.8) is 0 Å². The van der Waals surface area contributed by atoms with Crippen molar-refractivity contribution in [3.05, 3.63) is 17.9 Å². The van der Waals surface area contributed by atoms with Crippen LogP contribution in [0.4, 0.5) is 0 Å². The van der Waals surface area contributed by atoms with E-state index < -0.39 is 10.0 Å². The monoisotopic (exact) mass is 316 g/mol. The van der Waals surface area contributed by atoms with Crippen LogP contribution >= 0.6 is 0 Å². The Bertz CT molecular complexity index is 553. The average molecular weight is 316 g/mol. The zero-order valence-corrected chi connectivity index (χ0v) is 13.6. The normalized spacial score (nSPS) is 20.5. The Balaban J connectivity index is 1.99. The van der Waals surface area contributed by atoms with Crippen LogP contribution in [0.15, 0.2) is 21.6 Å². The molecule has 2 rings (SSSR count). The lowest BCUT2D eigenvalue weighted by molar-refractivity contribution is 0.115. The molecule has 2 heterocycles. The Hall–Kier alpha value is -0.890. The Morgan fingerprint density at radius 2 is 2.24 bits per heavy atom. The number of sulfonamides is 1. The molecular formula is C14H24N2O4S. The van der Waals surface area contributed by atoms with Gasteiger partial charge < -0.3 is 14.5 Å². The fraction of sp³-hybridized carbons (Fsp3) is 0.714. The van der Waals surface area contributed by atoms with E-state index in [1.807, 2.05) is 0 Å². The molecule has 1 atom stereocenters. The van der Waals surface area contributed by atoms with Crippen molar-refractivity contribution >= 4 is 10.0 Å². The minimum absolute atomic E-state index is 0.0144. The highest BCUT2D eigenvalue weighted by molar-refractivity contribution is 7.89. The van der Waals surface area contributed by atoms with Crippen molar-refractivity contribution in [2.24, 2.45) is 5.92 Å². The summed E-state index contributed by atoms with van der Waals surface area (Å²) in [4.78, 5) is 0. The van der Waals surface area contributed by atoms with Crippen LogP contribution in [-0.4, -0.2) is 45.6 Å². The molecule has 0 spiro atoms. The highest BCUT2D eigenvalue weighted by Gasteiger charge is 2.34. The van der Waals surface area contributed by atoms with Crippen molar-refractivity contribution in [2.45, 2.75) is 38.0 Å². The van der Waals surface area contributed by atoms with E-state index in [0.717, 1.165) is 13.0 Å². The maximum absolute atomic E-state index is 12.4. The van der Waals surface area contributed by atoms with E-state index in [9.17, 15) is 8.42 Å². The topological polar surface area (TPSA) is 71.8 Å². The van der Waals surface area contributed by atoms with E-state index in [1.54, 1.807) is 13.2 Å². The molecule has 1 aromatic heterocycles. The van der Waals surface area contributed by atoms with Crippen LogP contribution in [0.2, 0.25) is 0 Å². The molecule has 7 heteroatoms. The predicted octanol–water partition coefficient (Wildman–Crippen LogP) is 1.43. The minimum atomic E-state index is -3.54. The van der Waals surface area contributed by atoms with Gasteiger partial charge in [0.1, 0.15) is 5.76 Å². The van der Waals surface area contributed by atoms with Gasteiger partial charge in [-0.1, -0.05) is 13.8 Å². The molecule has 120 valence electrons. The first-order chi connectivity index (χ1) is 9.93. The van der Waals surface area contributed by atoms with E-state index in [1.165, 1.54) is 10.4 Å². The summed E-state index contributed by atoms with van der Waals surface area (Å²) < 4.78 is 37.0. The van der Waals surface area contributed by atoms with Crippen molar-refractivity contribution < 1.29 is 17.6 Å². The lowest BCUT2D eigenvalue weighted by atomic mass is 10.2. The summed E-state index contributed by atoms with van der Waals surface area (Å²) in [5.41, 5.74) is 0. The predicted molar refractivity (Wildman–Crippen MR) is 79.4 cm³/mol. The first-order valence-electron chi connectivity index (χ1n) is 7.26. The molecule has 1 N–H and O–H groups in total. The molecule has 1 aliphatic rings. The molecule has 0 bridgehead atoms. The number of ether oxygens (including phenoxy) is 1. The van der Waals surface area contributed by atoms with Gasteiger partial charge in [-0.2, -0.15) is 4.31 Å². The molecule has 6 nitrogen and oxygen atoms in total. The molecule has 0 aromatic carbocycles. The van der Waals surface area contributed by atoms with Gasteiger partial charge in [-0.15, -0.1) is 0 Å². The Morgan fingerprint density at radius 3 is 2.86 bits per heavy atom. The quantitative estimate of drug-likeness (QED) is 0.824. The summed E-state index contributed by atoms with van der Waals surface area (Å²) in [5, 5.41) is 3.24. The zero-order chi connectivity index (χ0) is 15.5. The molecule has 1 fully saturated rings. The second-order valence-corrected chi connectivity index (χ2v) is 7.62. The van der Waals surface area contributed by atoms with E-state index in [0.29, 0.717) is 31.3 Å². The third-order valence-electron chi connectivity index (χ3n) is 3.52. The van der Waals surface area contributed by atoms with E-state index >= 15 is 0 Å². The zero-order valence-electron chi connectivity index (χ0n) is 12.8. The van der Waals surface area contributed by atoms with Crippen molar-refractivity contribution in [3.8, 4) is 0 Å². The third kappa shape index (κ3) is 4.06. The Labute approximate surface area is 126 Å². The van der Waals surface area contributed by atoms with E-state index in [4.69, 9.17) is 9.15 Å². The van der Waals surface area contributed by atoms with Gasteiger partial charge in [-0.3, -0.25) is 0 Å². The van der Waals surface area contributed by atoms with Crippen LogP contribution in [0.25, 0.3) is 0 Å². The summed E-state index contributed by atoms with van der Waals surface area (Å²) in [6, 6.07) is 3.24. The standard InChI is InChI=1S/C14H24N2O4S/c1-11(2)8-15-9-12-4-5-14(20-12)21(17,18)16-7-6-13(10-16)19-3/h4-5,11,13,15H,6-10H2,1-3H3. The molecule has 0 saturated carbocycles. The maximum atomic E-state index is 12.4. The molecule has 1 aromatic rings. The molecule has 1 aliphatic heterocycles. The number of hydrogen-bond donors (Lipinski definition) is 1. The van der Waals surface area contributed by atoms with Gasteiger partial charge in [-0.25, -0.2) is 8.42 Å². The summed E-state index contributed by atoms with van der Waals surface area (Å²) in [6.07, 6.45) is 0.695. The van der Waals surface area contributed by atoms with Gasteiger partial charge in [0.15, 0.2) is 0 Å². The molecule has 1 saturated heterocycles. The van der Waals surface area contributed by atoms with Crippen molar-refractivity contribution in [1.29, 1.82) is 0 Å². The largest absolute Gasteiger partial charge is 0.447 e. The maximum Gasteiger partial charge on any atom is 0.276 e. The molecule has 21 heavy (non-hydrogen) atoms. The number of furan rings is 1. The summed E-state index contributed by atoms with van der Waals surface area (Å²) in [7, 11) is -1.94. The fourth-order valence-electron chi connectivity index (χ4n) is 2.31. The minimum Gasteiger partial charge on any atom is -0.447 e. The van der Waals surface area contributed by atoms with Crippen LogP contribution in [0, 0.1) is 5.92 Å². The molecule has 1 unspecified atom stereocenters. The fourth-order valence-corrected chi connectivity index (χ4v) is 3.73. The second-order valence-electron chi connectivity index (χ2n) is 5.75. The summed E-state index contributed by atoms with van der Waals surface area (Å²) in [6.45, 7) is 6.50. The second kappa shape index (κ2) is 6.91. The van der Waals surface area contributed by atoms with Crippen molar-refractivity contribution in [1.82, 2.24) is 9.62 Å². The van der Waals surface area contributed by atoms with E-state index in [-0.39, 0.29) is 11.2 Å². The molecule has 0 amide bonds. The number of rotatable bonds is 7. The van der Waals surface area contributed by atoms with Crippen LogP contribution in [0.1, 0.15) is 26.0 Å². The molecule has 0 aliphatic carbocycles. The molecule has 0 radical (unpaired) electrons. The summed E-state index contributed by atoms with van der Waals surface area (Å²) >= 11 is 0. The number of nitrogens with one attached hydrogen (secondary N) is 1. The van der Waals surface area contributed by atoms with Gasteiger partial charge in [0, 0.05) is 20.2 Å². The third-order valence-corrected chi connectivity index (χ3v) is 5.26. The van der Waals surface area contributed by atoms with Gasteiger partial charge >= 0.3 is 0 Å². The van der Waals surface area contributed by atoms with Crippen LogP contribution in [0.5, 0.6) is 0 Å². The van der Waals surface area contributed by atoms with Gasteiger partial charge in [0.05, 0.1) is 12.6 Å². The highest BCUT2D eigenvalue weighted by atomic mass is 32.2. The van der Waals surface area contributed by atoms with Crippen LogP contribution < -0.4 is 5.32 Å². The number of hydrogen-bond acceptors (Lipinski definition) is 5. The Kier molecular flexibility index (Phi) is 5.43. The van der Waals surface area contributed by atoms with Crippen LogP contribution in [-0.2, 0) is 21.3 Å². The SMILES string of the molecule is COC1CCN(S(=O)(=O)c2ccc(CNCC(C)C)o2)C1. The Morgan fingerprint density at radius 1 is 1.48 bits per heavy atom. The van der Waals surface area contributed by atoms with E-state index in [2.05, 4.69) is 19.2 Å². The smallest absolute Gasteiger partial charge is 0.276 e. The van der Waals surface area contributed by atoms with Gasteiger partial charge in [0.25, 0.3) is 10.0 Å². The number of methoxy groups -OCH3 is 1. The molecular weight excluding hydrogens is 292 g/mol. The van der Waals surface area contributed by atoms with Crippen molar-refractivity contribution in [2.75, 3.05) is 26.7 Å². The lowest BCUT2D eigenvalue weighted by Gasteiger charge is -2.14. The lowest BCUT2D eigenvalue weighted by Crippen LogP contribution is -2.29. The van der Waals surface area contributed by atoms with Gasteiger partial charge in [-0.05, 0) is 31.0 Å². The first kappa shape index (κ1) is 16.5. The average Bonchev–Trinajstić information content (AvgIpc) is 3.07. The van der Waals surface area contributed by atoms with Gasteiger partial charge in [0.2, 0.25) is 5.09 Å².